The maximum atomic E-state index is 4.74. The zero-order valence-electron chi connectivity index (χ0n) is 13.1. The predicted molar refractivity (Wildman–Crippen MR) is 90.1 cm³/mol. The van der Waals surface area contributed by atoms with Crippen LogP contribution in [0, 0.1) is 13.8 Å². The van der Waals surface area contributed by atoms with E-state index in [0.717, 1.165) is 6.42 Å². The number of aryl methyl sites for hydroxylation is 2. The smallest absolute Gasteiger partial charge is 0.0946 e. The summed E-state index contributed by atoms with van der Waals surface area (Å²) in [5, 5.41) is 4.86. The highest BCUT2D eigenvalue weighted by Crippen LogP contribution is 2.47. The van der Waals surface area contributed by atoms with Crippen molar-refractivity contribution in [2.75, 3.05) is 7.05 Å². The minimum atomic E-state index is 0.295. The lowest BCUT2D eigenvalue weighted by molar-refractivity contribution is 0.174. The molecule has 1 unspecified atom stereocenters. The summed E-state index contributed by atoms with van der Waals surface area (Å²) in [6, 6.07) is 11.5. The second kappa shape index (κ2) is 5.90. The first-order chi connectivity index (χ1) is 10.2. The van der Waals surface area contributed by atoms with E-state index in [2.05, 4.69) is 56.5 Å². The molecule has 0 spiro atoms. The van der Waals surface area contributed by atoms with Crippen molar-refractivity contribution >= 4 is 11.3 Å². The average molecular weight is 300 g/mol. The lowest BCUT2D eigenvalue weighted by Crippen LogP contribution is -2.52. The van der Waals surface area contributed by atoms with E-state index >= 15 is 0 Å². The summed E-state index contributed by atoms with van der Waals surface area (Å²) in [6.45, 7) is 4.28. The molecule has 1 aromatic heterocycles. The third-order valence-electron chi connectivity index (χ3n) is 5.06. The maximum Gasteiger partial charge on any atom is 0.0946 e. The van der Waals surface area contributed by atoms with Crippen LogP contribution in [0.5, 0.6) is 0 Å². The summed E-state index contributed by atoms with van der Waals surface area (Å²) in [5.74, 6) is 0. The molecule has 1 atom stereocenters. The molecule has 112 valence electrons. The van der Waals surface area contributed by atoms with Crippen LogP contribution < -0.4 is 5.32 Å². The Morgan fingerprint density at radius 3 is 2.43 bits per heavy atom. The second-order valence-electron chi connectivity index (χ2n) is 6.17. The molecule has 0 bridgehead atoms. The van der Waals surface area contributed by atoms with Crippen molar-refractivity contribution < 1.29 is 0 Å². The van der Waals surface area contributed by atoms with Gasteiger partial charge in [0.05, 0.1) is 10.7 Å². The second-order valence-corrected chi connectivity index (χ2v) is 7.46. The molecule has 1 fully saturated rings. The SMILES string of the molecule is CNC(Cc1nc(C)c(C)s1)C1(c2ccccc2)CCC1. The molecule has 1 N–H and O–H groups in total. The maximum absolute atomic E-state index is 4.74. The molecule has 1 aromatic carbocycles. The van der Waals surface area contributed by atoms with Crippen LogP contribution in [0.2, 0.25) is 0 Å². The quantitative estimate of drug-likeness (QED) is 0.902. The molecule has 0 amide bonds. The number of thiazole rings is 1. The standard InChI is InChI=1S/C18H24N2S/c1-13-14(2)21-17(20-13)12-16(19-3)18(10-7-11-18)15-8-5-4-6-9-15/h4-6,8-9,16,19H,7,10-12H2,1-3H3. The van der Waals surface area contributed by atoms with E-state index in [-0.39, 0.29) is 0 Å². The molecule has 3 heteroatoms. The number of rotatable bonds is 5. The Labute approximate surface area is 131 Å². The van der Waals surface area contributed by atoms with Crippen molar-refractivity contribution in [2.24, 2.45) is 0 Å². The number of benzene rings is 1. The van der Waals surface area contributed by atoms with Gasteiger partial charge >= 0.3 is 0 Å². The van der Waals surface area contributed by atoms with Crippen molar-refractivity contribution in [3.63, 3.8) is 0 Å². The Morgan fingerprint density at radius 1 is 1.24 bits per heavy atom. The third kappa shape index (κ3) is 2.65. The first kappa shape index (κ1) is 14.7. The minimum absolute atomic E-state index is 0.295. The monoisotopic (exact) mass is 300 g/mol. The zero-order chi connectivity index (χ0) is 14.9. The summed E-state index contributed by atoms with van der Waals surface area (Å²) in [7, 11) is 2.10. The molecule has 0 aliphatic heterocycles. The van der Waals surface area contributed by atoms with E-state index in [0.29, 0.717) is 11.5 Å². The van der Waals surface area contributed by atoms with Gasteiger partial charge in [0.15, 0.2) is 0 Å². The number of aromatic nitrogens is 1. The van der Waals surface area contributed by atoms with Gasteiger partial charge < -0.3 is 5.32 Å². The Kier molecular flexibility index (Phi) is 4.14. The largest absolute Gasteiger partial charge is 0.316 e. The number of nitrogens with zero attached hydrogens (tertiary/aromatic N) is 1. The molecule has 1 saturated carbocycles. The number of nitrogens with one attached hydrogen (secondary N) is 1. The Balaban J connectivity index is 1.87. The van der Waals surface area contributed by atoms with Gasteiger partial charge in [0.25, 0.3) is 0 Å². The Hall–Kier alpha value is -1.19. The van der Waals surface area contributed by atoms with Gasteiger partial charge in [-0.2, -0.15) is 0 Å². The molecular formula is C18H24N2S. The first-order valence-electron chi connectivity index (χ1n) is 7.81. The summed E-state index contributed by atoms with van der Waals surface area (Å²) in [6.07, 6.45) is 4.94. The van der Waals surface area contributed by atoms with Gasteiger partial charge in [-0.25, -0.2) is 4.98 Å². The van der Waals surface area contributed by atoms with Gasteiger partial charge in [-0.15, -0.1) is 11.3 Å². The summed E-state index contributed by atoms with van der Waals surface area (Å²) >= 11 is 1.85. The highest BCUT2D eigenvalue weighted by molar-refractivity contribution is 7.11. The minimum Gasteiger partial charge on any atom is -0.316 e. The lowest BCUT2D eigenvalue weighted by Gasteiger charge is -2.48. The van der Waals surface area contributed by atoms with Gasteiger partial charge in [-0.3, -0.25) is 0 Å². The van der Waals surface area contributed by atoms with E-state index in [9.17, 15) is 0 Å². The molecular weight excluding hydrogens is 276 g/mol. The van der Waals surface area contributed by atoms with E-state index in [4.69, 9.17) is 4.98 Å². The fourth-order valence-corrected chi connectivity index (χ4v) is 4.52. The lowest BCUT2D eigenvalue weighted by atomic mass is 9.59. The van der Waals surface area contributed by atoms with E-state index in [1.807, 2.05) is 11.3 Å². The van der Waals surface area contributed by atoms with Crippen molar-refractivity contribution in [2.45, 2.75) is 51.0 Å². The molecule has 1 heterocycles. The topological polar surface area (TPSA) is 24.9 Å². The van der Waals surface area contributed by atoms with Crippen LogP contribution in [0.15, 0.2) is 30.3 Å². The van der Waals surface area contributed by atoms with Gasteiger partial charge in [0.2, 0.25) is 0 Å². The summed E-state index contributed by atoms with van der Waals surface area (Å²) in [4.78, 5) is 6.09. The highest BCUT2D eigenvalue weighted by Gasteiger charge is 2.44. The van der Waals surface area contributed by atoms with Gasteiger partial charge in [0.1, 0.15) is 0 Å². The van der Waals surface area contributed by atoms with Crippen molar-refractivity contribution in [3.8, 4) is 0 Å². The molecule has 3 rings (SSSR count). The average Bonchev–Trinajstić information content (AvgIpc) is 2.76. The normalized spacial score (nSPS) is 18.2. The van der Waals surface area contributed by atoms with E-state index in [1.54, 1.807) is 0 Å². The summed E-state index contributed by atoms with van der Waals surface area (Å²) in [5.41, 5.74) is 2.97. The van der Waals surface area contributed by atoms with Crippen LogP contribution in [-0.4, -0.2) is 18.1 Å². The van der Waals surface area contributed by atoms with Crippen LogP contribution in [0.1, 0.15) is 40.4 Å². The van der Waals surface area contributed by atoms with Crippen LogP contribution in [0.4, 0.5) is 0 Å². The Bertz CT molecular complexity index is 579. The van der Waals surface area contributed by atoms with Crippen molar-refractivity contribution in [3.05, 3.63) is 51.5 Å². The molecule has 1 aliphatic rings. The zero-order valence-corrected chi connectivity index (χ0v) is 14.0. The number of likely N-dealkylation sites (N-methyl/N-ethyl adjacent to an activating group) is 1. The predicted octanol–water partition coefficient (Wildman–Crippen LogP) is 4.01. The summed E-state index contributed by atoms with van der Waals surface area (Å²) < 4.78 is 0. The molecule has 21 heavy (non-hydrogen) atoms. The van der Waals surface area contributed by atoms with E-state index < -0.39 is 0 Å². The first-order valence-corrected chi connectivity index (χ1v) is 8.63. The van der Waals surface area contributed by atoms with Crippen LogP contribution in [0.3, 0.4) is 0 Å². The van der Waals surface area contributed by atoms with Crippen molar-refractivity contribution in [1.82, 2.24) is 10.3 Å². The van der Waals surface area contributed by atoms with Gasteiger partial charge in [0, 0.05) is 22.8 Å². The fourth-order valence-electron chi connectivity index (χ4n) is 3.54. The molecule has 2 nitrogen and oxygen atoms in total. The number of hydrogen-bond donors (Lipinski definition) is 1. The molecule has 1 aliphatic carbocycles. The highest BCUT2D eigenvalue weighted by atomic mass is 32.1. The molecule has 0 radical (unpaired) electrons. The van der Waals surface area contributed by atoms with Crippen LogP contribution in [0.25, 0.3) is 0 Å². The molecule has 0 saturated heterocycles. The van der Waals surface area contributed by atoms with Gasteiger partial charge in [-0.1, -0.05) is 36.8 Å². The van der Waals surface area contributed by atoms with Gasteiger partial charge in [-0.05, 0) is 39.3 Å². The van der Waals surface area contributed by atoms with Crippen LogP contribution >= 0.6 is 11.3 Å². The number of hydrogen-bond acceptors (Lipinski definition) is 3. The Morgan fingerprint density at radius 2 is 1.95 bits per heavy atom. The van der Waals surface area contributed by atoms with Crippen molar-refractivity contribution in [1.29, 1.82) is 0 Å². The third-order valence-corrected chi connectivity index (χ3v) is 6.16. The molecule has 2 aromatic rings. The fraction of sp³-hybridized carbons (Fsp3) is 0.500. The van der Waals surface area contributed by atoms with E-state index in [1.165, 1.54) is 40.4 Å². The van der Waals surface area contributed by atoms with Crippen LogP contribution in [-0.2, 0) is 11.8 Å².